The van der Waals surface area contributed by atoms with Crippen LogP contribution in [0.3, 0.4) is 0 Å². The molecule has 0 spiro atoms. The molecule has 18 heavy (non-hydrogen) atoms. The molecular formula is C12H20N4O2. The van der Waals surface area contributed by atoms with Crippen LogP contribution in [-0.4, -0.2) is 51.8 Å². The Hall–Kier alpha value is -1.40. The number of rotatable bonds is 4. The average molecular weight is 252 g/mol. The summed E-state index contributed by atoms with van der Waals surface area (Å²) < 4.78 is 0. The van der Waals surface area contributed by atoms with Gasteiger partial charge in [0, 0.05) is 37.3 Å². The van der Waals surface area contributed by atoms with E-state index in [2.05, 4.69) is 15.5 Å². The molecule has 2 heterocycles. The van der Waals surface area contributed by atoms with E-state index in [1.54, 1.807) is 6.92 Å². The fourth-order valence-corrected chi connectivity index (χ4v) is 2.14. The molecule has 0 bridgehead atoms. The van der Waals surface area contributed by atoms with Crippen molar-refractivity contribution < 1.29 is 9.90 Å². The molecule has 0 radical (unpaired) electrons. The zero-order valence-electron chi connectivity index (χ0n) is 10.9. The Labute approximate surface area is 106 Å². The van der Waals surface area contributed by atoms with E-state index in [4.69, 9.17) is 5.11 Å². The first-order valence-electron chi connectivity index (χ1n) is 6.27. The van der Waals surface area contributed by atoms with Crippen LogP contribution >= 0.6 is 0 Å². The zero-order chi connectivity index (χ0) is 13.1. The van der Waals surface area contributed by atoms with Crippen LogP contribution in [0.15, 0.2) is 0 Å². The second kappa shape index (κ2) is 5.49. The Morgan fingerprint density at radius 3 is 3.17 bits per heavy atom. The standard InChI is InChI=1S/C12H20N4O2/c1-8(17)5-13-6-12(18)16-4-3-11-10(7-16)9(2)14-15-11/h8,13,17H,3-7H2,1-2H3,(H,14,15)/t8-/m1/s1. The molecule has 1 atom stereocenters. The first-order valence-corrected chi connectivity index (χ1v) is 6.27. The molecule has 2 rings (SSSR count). The quantitative estimate of drug-likeness (QED) is 0.679. The molecule has 1 aromatic rings. The summed E-state index contributed by atoms with van der Waals surface area (Å²) in [7, 11) is 0. The van der Waals surface area contributed by atoms with Crippen LogP contribution in [0.25, 0.3) is 0 Å². The summed E-state index contributed by atoms with van der Waals surface area (Å²) in [6.07, 6.45) is 0.379. The lowest BCUT2D eigenvalue weighted by Gasteiger charge is -2.27. The third-order valence-electron chi connectivity index (χ3n) is 3.20. The number of hydrogen-bond donors (Lipinski definition) is 3. The van der Waals surface area contributed by atoms with Crippen LogP contribution in [-0.2, 0) is 17.8 Å². The first kappa shape index (κ1) is 13.0. The van der Waals surface area contributed by atoms with Gasteiger partial charge in [-0.1, -0.05) is 0 Å². The molecule has 1 aliphatic rings. The highest BCUT2D eigenvalue weighted by molar-refractivity contribution is 5.78. The number of aliphatic hydroxyl groups excluding tert-OH is 1. The fourth-order valence-electron chi connectivity index (χ4n) is 2.14. The third-order valence-corrected chi connectivity index (χ3v) is 3.20. The van der Waals surface area contributed by atoms with Gasteiger partial charge in [0.2, 0.25) is 5.91 Å². The second-order valence-electron chi connectivity index (χ2n) is 4.82. The molecule has 0 saturated heterocycles. The third kappa shape index (κ3) is 2.88. The number of amides is 1. The van der Waals surface area contributed by atoms with Crippen molar-refractivity contribution >= 4 is 5.91 Å². The number of aliphatic hydroxyl groups is 1. The van der Waals surface area contributed by atoms with E-state index in [1.807, 2.05) is 11.8 Å². The maximum Gasteiger partial charge on any atom is 0.236 e. The van der Waals surface area contributed by atoms with Gasteiger partial charge in [0.25, 0.3) is 0 Å². The van der Waals surface area contributed by atoms with E-state index < -0.39 is 6.10 Å². The highest BCUT2D eigenvalue weighted by Gasteiger charge is 2.23. The smallest absolute Gasteiger partial charge is 0.236 e. The molecular weight excluding hydrogens is 232 g/mol. The maximum absolute atomic E-state index is 12.0. The van der Waals surface area contributed by atoms with E-state index in [-0.39, 0.29) is 12.5 Å². The number of carbonyl (C=O) groups is 1. The number of aromatic nitrogens is 2. The highest BCUT2D eigenvalue weighted by Crippen LogP contribution is 2.19. The van der Waals surface area contributed by atoms with Crippen molar-refractivity contribution in [1.29, 1.82) is 0 Å². The summed E-state index contributed by atoms with van der Waals surface area (Å²) >= 11 is 0. The second-order valence-corrected chi connectivity index (χ2v) is 4.82. The molecule has 0 fully saturated rings. The van der Waals surface area contributed by atoms with E-state index in [1.165, 1.54) is 0 Å². The summed E-state index contributed by atoms with van der Waals surface area (Å²) in [4.78, 5) is 13.8. The summed E-state index contributed by atoms with van der Waals surface area (Å²) in [5, 5.41) is 19.2. The molecule has 3 N–H and O–H groups in total. The maximum atomic E-state index is 12.0. The Kier molecular flexibility index (Phi) is 3.98. The average Bonchev–Trinajstić information content (AvgIpc) is 2.70. The molecule has 0 aliphatic carbocycles. The van der Waals surface area contributed by atoms with Crippen LogP contribution in [0.1, 0.15) is 23.9 Å². The number of nitrogens with one attached hydrogen (secondary N) is 2. The van der Waals surface area contributed by atoms with Crippen molar-refractivity contribution in [3.63, 3.8) is 0 Å². The minimum absolute atomic E-state index is 0.0712. The number of aryl methyl sites for hydroxylation is 1. The van der Waals surface area contributed by atoms with Gasteiger partial charge in [-0.3, -0.25) is 9.89 Å². The number of nitrogens with zero attached hydrogens (tertiary/aromatic N) is 2. The Balaban J connectivity index is 1.88. The molecule has 1 aliphatic heterocycles. The van der Waals surface area contributed by atoms with Gasteiger partial charge in [-0.05, 0) is 13.8 Å². The molecule has 6 heteroatoms. The lowest BCUT2D eigenvalue weighted by molar-refractivity contribution is -0.131. The molecule has 0 aromatic carbocycles. The van der Waals surface area contributed by atoms with Gasteiger partial charge in [-0.15, -0.1) is 0 Å². The molecule has 6 nitrogen and oxygen atoms in total. The molecule has 1 amide bonds. The van der Waals surface area contributed by atoms with Crippen molar-refractivity contribution in [2.75, 3.05) is 19.6 Å². The number of hydrogen-bond acceptors (Lipinski definition) is 4. The summed E-state index contributed by atoms with van der Waals surface area (Å²) in [5.41, 5.74) is 3.26. The van der Waals surface area contributed by atoms with E-state index >= 15 is 0 Å². The van der Waals surface area contributed by atoms with Gasteiger partial charge in [0.15, 0.2) is 0 Å². The summed E-state index contributed by atoms with van der Waals surface area (Å²) in [6.45, 7) is 5.73. The number of H-pyrrole nitrogens is 1. The lowest BCUT2D eigenvalue weighted by Crippen LogP contribution is -2.42. The minimum Gasteiger partial charge on any atom is -0.392 e. The van der Waals surface area contributed by atoms with Crippen LogP contribution in [0.2, 0.25) is 0 Å². The van der Waals surface area contributed by atoms with E-state index in [0.29, 0.717) is 19.6 Å². The van der Waals surface area contributed by atoms with Crippen molar-refractivity contribution in [2.24, 2.45) is 0 Å². The largest absolute Gasteiger partial charge is 0.392 e. The molecule has 0 saturated carbocycles. The van der Waals surface area contributed by atoms with E-state index in [0.717, 1.165) is 23.4 Å². The highest BCUT2D eigenvalue weighted by atomic mass is 16.3. The zero-order valence-corrected chi connectivity index (χ0v) is 10.9. The predicted octanol–water partition coefficient (Wildman–Crippen LogP) is -0.427. The monoisotopic (exact) mass is 252 g/mol. The van der Waals surface area contributed by atoms with Gasteiger partial charge in [0.05, 0.1) is 18.3 Å². The number of fused-ring (bicyclic) bond motifs is 1. The Morgan fingerprint density at radius 1 is 1.67 bits per heavy atom. The minimum atomic E-state index is -0.429. The fraction of sp³-hybridized carbons (Fsp3) is 0.667. The lowest BCUT2D eigenvalue weighted by atomic mass is 10.1. The number of carbonyl (C=O) groups excluding carboxylic acids is 1. The normalized spacial score (nSPS) is 16.5. The Morgan fingerprint density at radius 2 is 2.44 bits per heavy atom. The van der Waals surface area contributed by atoms with Crippen molar-refractivity contribution in [1.82, 2.24) is 20.4 Å². The molecule has 1 aromatic heterocycles. The van der Waals surface area contributed by atoms with Crippen LogP contribution in [0.4, 0.5) is 0 Å². The van der Waals surface area contributed by atoms with Crippen LogP contribution in [0.5, 0.6) is 0 Å². The summed E-state index contributed by atoms with van der Waals surface area (Å²) in [6, 6.07) is 0. The SMILES string of the molecule is Cc1[nH]nc2c1CN(C(=O)CNC[C@@H](C)O)CC2. The van der Waals surface area contributed by atoms with Crippen molar-refractivity contribution in [3.05, 3.63) is 17.0 Å². The first-order chi connectivity index (χ1) is 8.58. The summed E-state index contributed by atoms with van der Waals surface area (Å²) in [5.74, 6) is 0.0712. The van der Waals surface area contributed by atoms with Gasteiger partial charge >= 0.3 is 0 Å². The van der Waals surface area contributed by atoms with Crippen LogP contribution < -0.4 is 5.32 Å². The van der Waals surface area contributed by atoms with Crippen molar-refractivity contribution in [3.8, 4) is 0 Å². The van der Waals surface area contributed by atoms with E-state index in [9.17, 15) is 4.79 Å². The number of aromatic amines is 1. The molecule has 100 valence electrons. The Bertz CT molecular complexity index is 428. The van der Waals surface area contributed by atoms with Gasteiger partial charge in [-0.25, -0.2) is 0 Å². The van der Waals surface area contributed by atoms with Gasteiger partial charge in [0.1, 0.15) is 0 Å². The molecule has 0 unspecified atom stereocenters. The van der Waals surface area contributed by atoms with Gasteiger partial charge < -0.3 is 15.3 Å². The van der Waals surface area contributed by atoms with Crippen molar-refractivity contribution in [2.45, 2.75) is 32.9 Å². The van der Waals surface area contributed by atoms with Gasteiger partial charge in [-0.2, -0.15) is 5.10 Å². The predicted molar refractivity (Wildman–Crippen MR) is 67.0 cm³/mol. The van der Waals surface area contributed by atoms with Crippen LogP contribution in [0, 0.1) is 6.92 Å². The topological polar surface area (TPSA) is 81.2 Å².